The molecule has 0 amide bonds. The number of rotatable bonds is 4. The molecular formula is C17H15BrO3. The van der Waals surface area contributed by atoms with E-state index in [9.17, 15) is 5.11 Å². The molecule has 21 heavy (non-hydrogen) atoms. The Kier molecular flexibility index (Phi) is 3.99. The van der Waals surface area contributed by atoms with E-state index in [0.717, 1.165) is 26.8 Å². The van der Waals surface area contributed by atoms with Gasteiger partial charge in [0.25, 0.3) is 0 Å². The largest absolute Gasteiger partial charge is 0.497 e. The van der Waals surface area contributed by atoms with Gasteiger partial charge < -0.3 is 14.3 Å². The molecule has 1 N–H and O–H groups in total. The lowest BCUT2D eigenvalue weighted by Gasteiger charge is -2.09. The predicted molar refractivity (Wildman–Crippen MR) is 85.6 cm³/mol. The summed E-state index contributed by atoms with van der Waals surface area (Å²) in [5.41, 5.74) is 1.76. The van der Waals surface area contributed by atoms with Crippen molar-refractivity contribution in [3.8, 4) is 5.75 Å². The van der Waals surface area contributed by atoms with Gasteiger partial charge in [0.1, 0.15) is 23.2 Å². The van der Waals surface area contributed by atoms with Crippen molar-refractivity contribution < 1.29 is 14.3 Å². The van der Waals surface area contributed by atoms with Crippen LogP contribution in [0.15, 0.2) is 57.4 Å². The van der Waals surface area contributed by atoms with Gasteiger partial charge >= 0.3 is 0 Å². The molecule has 1 aromatic heterocycles. The number of halogens is 1. The highest BCUT2D eigenvalue weighted by Crippen LogP contribution is 2.31. The third-order valence-electron chi connectivity index (χ3n) is 3.41. The van der Waals surface area contributed by atoms with Gasteiger partial charge in [0, 0.05) is 11.8 Å². The molecule has 3 nitrogen and oxygen atoms in total. The summed E-state index contributed by atoms with van der Waals surface area (Å²) in [6.45, 7) is 0. The van der Waals surface area contributed by atoms with Crippen molar-refractivity contribution in [3.05, 3.63) is 64.3 Å². The molecule has 3 aromatic rings. The lowest BCUT2D eigenvalue weighted by atomic mass is 10.1. The van der Waals surface area contributed by atoms with E-state index in [0.29, 0.717) is 12.2 Å². The predicted octanol–water partition coefficient (Wildman–Crippen LogP) is 4.48. The quantitative estimate of drug-likeness (QED) is 0.757. The van der Waals surface area contributed by atoms with Gasteiger partial charge in [-0.15, -0.1) is 0 Å². The first-order chi connectivity index (χ1) is 10.2. The number of aliphatic hydroxyl groups is 1. The van der Waals surface area contributed by atoms with Gasteiger partial charge in [-0.1, -0.05) is 24.3 Å². The van der Waals surface area contributed by atoms with E-state index in [-0.39, 0.29) is 0 Å². The van der Waals surface area contributed by atoms with Crippen LogP contribution in [-0.2, 0) is 6.42 Å². The average Bonchev–Trinajstić information content (AvgIpc) is 2.93. The first kappa shape index (κ1) is 14.2. The van der Waals surface area contributed by atoms with Crippen LogP contribution in [0, 0.1) is 0 Å². The number of methoxy groups -OCH3 is 1. The molecule has 108 valence electrons. The Bertz CT molecular complexity index is 764. The number of ether oxygens (including phenoxy) is 1. The summed E-state index contributed by atoms with van der Waals surface area (Å²) in [5, 5.41) is 11.4. The molecular weight excluding hydrogens is 332 g/mol. The molecule has 0 fully saturated rings. The minimum Gasteiger partial charge on any atom is -0.497 e. The summed E-state index contributed by atoms with van der Waals surface area (Å²) < 4.78 is 11.8. The topological polar surface area (TPSA) is 42.6 Å². The fourth-order valence-corrected chi connectivity index (χ4v) is 2.80. The molecule has 1 unspecified atom stereocenters. The Morgan fingerprint density at radius 2 is 2.00 bits per heavy atom. The molecule has 3 rings (SSSR count). The van der Waals surface area contributed by atoms with E-state index >= 15 is 0 Å². The van der Waals surface area contributed by atoms with Crippen molar-refractivity contribution >= 4 is 26.9 Å². The van der Waals surface area contributed by atoms with E-state index < -0.39 is 6.10 Å². The van der Waals surface area contributed by atoms with Crippen LogP contribution in [0.4, 0.5) is 0 Å². The lowest BCUT2D eigenvalue weighted by molar-refractivity contribution is 0.152. The van der Waals surface area contributed by atoms with Gasteiger partial charge in [-0.2, -0.15) is 0 Å². The van der Waals surface area contributed by atoms with Crippen LogP contribution in [0.3, 0.4) is 0 Å². The van der Waals surface area contributed by atoms with Crippen LogP contribution >= 0.6 is 15.9 Å². The van der Waals surface area contributed by atoms with Gasteiger partial charge in [-0.3, -0.25) is 0 Å². The van der Waals surface area contributed by atoms with E-state index in [1.807, 2.05) is 48.5 Å². The monoisotopic (exact) mass is 346 g/mol. The van der Waals surface area contributed by atoms with Crippen molar-refractivity contribution in [2.45, 2.75) is 12.5 Å². The average molecular weight is 347 g/mol. The summed E-state index contributed by atoms with van der Waals surface area (Å²) in [5.74, 6) is 1.35. The van der Waals surface area contributed by atoms with Crippen LogP contribution in [0.2, 0.25) is 0 Å². The summed E-state index contributed by atoms with van der Waals surface area (Å²) in [4.78, 5) is 0. The van der Waals surface area contributed by atoms with Crippen molar-refractivity contribution in [1.82, 2.24) is 0 Å². The fraction of sp³-hybridized carbons (Fsp3) is 0.176. The fourth-order valence-electron chi connectivity index (χ4n) is 2.33. The van der Waals surface area contributed by atoms with Crippen LogP contribution in [0.1, 0.15) is 17.4 Å². The Morgan fingerprint density at radius 1 is 1.19 bits per heavy atom. The first-order valence-corrected chi connectivity index (χ1v) is 7.45. The molecule has 4 heteroatoms. The van der Waals surface area contributed by atoms with Crippen LogP contribution in [0.5, 0.6) is 5.75 Å². The number of fused-ring (bicyclic) bond motifs is 1. The van der Waals surface area contributed by atoms with Crippen LogP contribution in [-0.4, -0.2) is 12.2 Å². The van der Waals surface area contributed by atoms with Gasteiger partial charge in [0.15, 0.2) is 0 Å². The molecule has 0 aliphatic heterocycles. The second-order valence-corrected chi connectivity index (χ2v) is 5.73. The lowest BCUT2D eigenvalue weighted by Crippen LogP contribution is -2.00. The van der Waals surface area contributed by atoms with E-state index in [1.54, 1.807) is 7.11 Å². The summed E-state index contributed by atoms with van der Waals surface area (Å²) in [7, 11) is 1.63. The second-order valence-electron chi connectivity index (χ2n) is 4.88. The third-order valence-corrected chi connectivity index (χ3v) is 4.03. The minimum absolute atomic E-state index is 0.481. The molecule has 1 atom stereocenters. The molecule has 0 aliphatic rings. The molecule has 0 bridgehead atoms. The highest BCUT2D eigenvalue weighted by Gasteiger charge is 2.15. The molecule has 1 heterocycles. The zero-order chi connectivity index (χ0) is 14.8. The molecule has 0 saturated carbocycles. The number of hydrogen-bond donors (Lipinski definition) is 1. The van der Waals surface area contributed by atoms with E-state index in [1.165, 1.54) is 0 Å². The van der Waals surface area contributed by atoms with E-state index in [2.05, 4.69) is 15.9 Å². The zero-order valence-corrected chi connectivity index (χ0v) is 13.1. The Hall–Kier alpha value is -1.78. The SMILES string of the molecule is COc1cccc(CC(O)c2cc3cccc(Br)c3o2)c1. The first-order valence-electron chi connectivity index (χ1n) is 6.66. The maximum Gasteiger partial charge on any atom is 0.148 e. The summed E-state index contributed by atoms with van der Waals surface area (Å²) >= 11 is 3.45. The highest BCUT2D eigenvalue weighted by atomic mass is 79.9. The van der Waals surface area contributed by atoms with Crippen molar-refractivity contribution in [1.29, 1.82) is 0 Å². The van der Waals surface area contributed by atoms with E-state index in [4.69, 9.17) is 9.15 Å². The molecule has 2 aromatic carbocycles. The number of aliphatic hydroxyl groups excluding tert-OH is 1. The smallest absolute Gasteiger partial charge is 0.148 e. The highest BCUT2D eigenvalue weighted by molar-refractivity contribution is 9.10. The standard InChI is InChI=1S/C17H15BrO3/c1-20-13-6-2-4-11(8-13)9-15(19)16-10-12-5-3-7-14(18)17(12)21-16/h2-8,10,15,19H,9H2,1H3. The summed E-state index contributed by atoms with van der Waals surface area (Å²) in [6.07, 6.45) is -0.203. The van der Waals surface area contributed by atoms with Crippen molar-refractivity contribution in [2.24, 2.45) is 0 Å². The second kappa shape index (κ2) is 5.92. The Morgan fingerprint density at radius 3 is 2.76 bits per heavy atom. The van der Waals surface area contributed by atoms with Crippen LogP contribution < -0.4 is 4.74 Å². The van der Waals surface area contributed by atoms with Gasteiger partial charge in [0.05, 0.1) is 11.6 Å². The summed E-state index contributed by atoms with van der Waals surface area (Å²) in [6, 6.07) is 15.4. The Labute approximate surface area is 131 Å². The Balaban J connectivity index is 1.86. The molecule has 0 spiro atoms. The minimum atomic E-state index is -0.684. The number of benzene rings is 2. The van der Waals surface area contributed by atoms with Gasteiger partial charge in [-0.05, 0) is 45.8 Å². The van der Waals surface area contributed by atoms with Crippen LogP contribution in [0.25, 0.3) is 11.0 Å². The normalized spacial score (nSPS) is 12.5. The van der Waals surface area contributed by atoms with Crippen molar-refractivity contribution in [2.75, 3.05) is 7.11 Å². The van der Waals surface area contributed by atoms with Gasteiger partial charge in [0.2, 0.25) is 0 Å². The molecule has 0 radical (unpaired) electrons. The third kappa shape index (κ3) is 2.96. The van der Waals surface area contributed by atoms with Crippen molar-refractivity contribution in [3.63, 3.8) is 0 Å². The maximum absolute atomic E-state index is 10.4. The number of hydrogen-bond acceptors (Lipinski definition) is 3. The number of furan rings is 1. The number of para-hydroxylation sites is 1. The molecule has 0 saturated heterocycles. The molecule has 0 aliphatic carbocycles. The van der Waals surface area contributed by atoms with Gasteiger partial charge in [-0.25, -0.2) is 0 Å². The zero-order valence-electron chi connectivity index (χ0n) is 11.5. The maximum atomic E-state index is 10.4.